The summed E-state index contributed by atoms with van der Waals surface area (Å²) in [6.07, 6.45) is 0. The molecular weight excluding hydrogens is 281 g/mol. The van der Waals surface area contributed by atoms with E-state index in [2.05, 4.69) is 0 Å². The molecule has 0 aromatic rings. The van der Waals surface area contributed by atoms with Crippen LogP contribution in [-0.2, 0) is 15.9 Å². The summed E-state index contributed by atoms with van der Waals surface area (Å²) in [4.78, 5) is 0. The average Bonchev–Trinajstić information content (AvgIpc) is 2.06. The first-order valence-corrected chi connectivity index (χ1v) is 6.77. The fourth-order valence-electron chi connectivity index (χ4n) is 0. The number of hydrogen-bond donors (Lipinski definition) is 2. The minimum atomic E-state index is -0.106. The number of hydrogen-bond acceptors (Lipinski definition) is 2. The van der Waals surface area contributed by atoms with Crippen LogP contribution in [0.2, 0.25) is 0 Å². The molecule has 7 heteroatoms. The van der Waals surface area contributed by atoms with Gasteiger partial charge in [-0.05, 0) is 13.1 Å². The first-order valence-electron chi connectivity index (χ1n) is 2.76. The van der Waals surface area contributed by atoms with Crippen LogP contribution in [0.3, 0.4) is 0 Å². The van der Waals surface area contributed by atoms with E-state index in [9.17, 15) is 0 Å². The van der Waals surface area contributed by atoms with Gasteiger partial charge in [0.2, 0.25) is 0 Å². The summed E-state index contributed by atoms with van der Waals surface area (Å²) in [7, 11) is 9.63. The number of nitrogens with one attached hydrogen (secondary N) is 2. The Morgan fingerprint density at radius 3 is 1.09 bits per heavy atom. The van der Waals surface area contributed by atoms with Gasteiger partial charge in [-0.15, -0.1) is 13.1 Å². The summed E-state index contributed by atoms with van der Waals surface area (Å²) in [5, 5.41) is 0. The summed E-state index contributed by atoms with van der Waals surface area (Å²) in [5.74, 6) is 0. The van der Waals surface area contributed by atoms with E-state index in [4.69, 9.17) is 42.0 Å². The Kier molecular flexibility index (Phi) is 49.8. The predicted octanol–water partition coefficient (Wildman–Crippen LogP) is 1.37. The van der Waals surface area contributed by atoms with Crippen molar-refractivity contribution in [1.82, 2.24) is 0 Å². The molecule has 0 atom stereocenters. The van der Waals surface area contributed by atoms with Gasteiger partial charge in [-0.3, -0.25) is 0 Å². The Morgan fingerprint density at radius 2 is 1.09 bits per heavy atom. The smallest absolute Gasteiger partial charge is 0.0268 e. The van der Waals surface area contributed by atoms with Gasteiger partial charge in [-0.2, -0.15) is 0 Å². The molecule has 0 fully saturated rings. The molecular formula is C4H14Cl2N4Pd-2. The van der Waals surface area contributed by atoms with Crippen LogP contribution in [0.4, 0.5) is 0 Å². The Bertz CT molecular complexity index is 35.3. The van der Waals surface area contributed by atoms with Gasteiger partial charge in [0.1, 0.15) is 0 Å². The fraction of sp³-hybridized carbons (Fsp3) is 1.00. The van der Waals surface area contributed by atoms with Crippen molar-refractivity contribution in [1.29, 1.82) is 0 Å². The normalized spacial score (nSPS) is 7.45. The molecule has 11 heavy (non-hydrogen) atoms. The summed E-state index contributed by atoms with van der Waals surface area (Å²) < 4.78 is 0. The summed E-state index contributed by atoms with van der Waals surface area (Å²) in [6, 6.07) is 0. The first-order chi connectivity index (χ1) is 5.24. The van der Waals surface area contributed by atoms with Gasteiger partial charge in [0.15, 0.2) is 0 Å². The van der Waals surface area contributed by atoms with Crippen LogP contribution >= 0.6 is 19.1 Å². The van der Waals surface area contributed by atoms with Crippen LogP contribution < -0.4 is 11.5 Å². The van der Waals surface area contributed by atoms with Gasteiger partial charge in [0, 0.05) is 0 Å². The van der Waals surface area contributed by atoms with Crippen LogP contribution in [0, 0.1) is 0 Å². The van der Waals surface area contributed by atoms with E-state index in [0.717, 1.165) is 0 Å². The Balaban J connectivity index is -0.0000000886. The maximum absolute atomic E-state index is 6.33. The summed E-state index contributed by atoms with van der Waals surface area (Å²) in [6.45, 7) is 1.67. The van der Waals surface area contributed by atoms with E-state index < -0.39 is 0 Å². The van der Waals surface area contributed by atoms with Gasteiger partial charge < -0.3 is 22.9 Å². The predicted molar refractivity (Wildman–Crippen MR) is 48.2 cm³/mol. The van der Waals surface area contributed by atoms with E-state index >= 15 is 0 Å². The molecule has 0 aromatic heterocycles. The number of halogens is 2. The molecule has 0 rings (SSSR count). The molecule has 0 aliphatic rings. The maximum atomic E-state index is 6.33. The molecule has 0 aromatic carbocycles. The third kappa shape index (κ3) is 96.2. The third-order valence-electron chi connectivity index (χ3n) is 0.289. The summed E-state index contributed by atoms with van der Waals surface area (Å²) >= 11 is -0.106. The molecule has 0 saturated heterocycles. The Labute approximate surface area is 84.0 Å². The number of rotatable bonds is 2. The molecule has 0 unspecified atom stereocenters. The standard InChI is InChI=1S/2C2H7N2.2ClH.Pd/c2*3-1-2-4;;;/h2*3H,1-2,4H2;2*1H;/q2*-1;;;+2/p-2. The van der Waals surface area contributed by atoms with Crippen molar-refractivity contribution in [2.24, 2.45) is 11.5 Å². The van der Waals surface area contributed by atoms with Crippen LogP contribution in [0.1, 0.15) is 0 Å². The minimum absolute atomic E-state index is 0.106. The van der Waals surface area contributed by atoms with Crippen molar-refractivity contribution >= 4 is 19.1 Å². The molecule has 76 valence electrons. The molecule has 0 bridgehead atoms. The van der Waals surface area contributed by atoms with Crippen LogP contribution in [0.5, 0.6) is 0 Å². The van der Waals surface area contributed by atoms with E-state index in [1.807, 2.05) is 0 Å². The SMILES string of the molecule is [Cl][Pd][Cl].[NH-]CCN.[NH-]CCN. The van der Waals surface area contributed by atoms with Gasteiger partial charge >= 0.3 is 35.0 Å². The van der Waals surface area contributed by atoms with Crippen LogP contribution in [0.15, 0.2) is 0 Å². The largest absolute Gasteiger partial charge is 0.676 e. The average molecular weight is 296 g/mol. The molecule has 0 radical (unpaired) electrons. The topological polar surface area (TPSA) is 99.6 Å². The molecule has 0 saturated carbocycles. The van der Waals surface area contributed by atoms with Crippen molar-refractivity contribution in [2.45, 2.75) is 0 Å². The van der Waals surface area contributed by atoms with Crippen molar-refractivity contribution in [3.63, 3.8) is 0 Å². The van der Waals surface area contributed by atoms with E-state index in [-0.39, 0.29) is 15.9 Å². The molecule has 0 aliphatic carbocycles. The van der Waals surface area contributed by atoms with E-state index in [1.54, 1.807) is 0 Å². The zero-order valence-corrected chi connectivity index (χ0v) is 9.12. The molecule has 0 aliphatic heterocycles. The molecule has 6 N–H and O–H groups in total. The Hall–Kier alpha value is 1.08. The van der Waals surface area contributed by atoms with Crippen molar-refractivity contribution < 1.29 is 15.9 Å². The van der Waals surface area contributed by atoms with E-state index in [1.165, 1.54) is 0 Å². The first kappa shape index (κ1) is 18.0. The second-order valence-corrected chi connectivity index (χ2v) is 3.48. The monoisotopic (exact) mass is 294 g/mol. The second-order valence-electron chi connectivity index (χ2n) is 1.12. The quantitative estimate of drug-likeness (QED) is 0.752. The fourth-order valence-corrected chi connectivity index (χ4v) is 0. The molecule has 0 spiro atoms. The van der Waals surface area contributed by atoms with Gasteiger partial charge in [-0.1, -0.05) is 0 Å². The molecule has 0 heterocycles. The van der Waals surface area contributed by atoms with Crippen molar-refractivity contribution in [3.8, 4) is 0 Å². The molecule has 4 nitrogen and oxygen atoms in total. The second kappa shape index (κ2) is 30.5. The van der Waals surface area contributed by atoms with Crippen LogP contribution in [-0.4, -0.2) is 26.2 Å². The van der Waals surface area contributed by atoms with E-state index in [0.29, 0.717) is 26.2 Å². The van der Waals surface area contributed by atoms with Gasteiger partial charge in [-0.25, -0.2) is 0 Å². The minimum Gasteiger partial charge on any atom is -0.676 e. The Morgan fingerprint density at radius 1 is 1.00 bits per heavy atom. The maximum Gasteiger partial charge on any atom is -0.0268 e. The van der Waals surface area contributed by atoms with Gasteiger partial charge in [0.05, 0.1) is 0 Å². The zero-order valence-electron chi connectivity index (χ0n) is 6.06. The van der Waals surface area contributed by atoms with Crippen molar-refractivity contribution in [2.75, 3.05) is 26.2 Å². The third-order valence-corrected chi connectivity index (χ3v) is 0.289. The summed E-state index contributed by atoms with van der Waals surface area (Å²) in [5.41, 5.74) is 22.3. The zero-order chi connectivity index (χ0) is 9.54. The van der Waals surface area contributed by atoms with Crippen LogP contribution in [0.25, 0.3) is 11.5 Å². The number of nitrogens with two attached hydrogens (primary N) is 2. The van der Waals surface area contributed by atoms with Crippen molar-refractivity contribution in [3.05, 3.63) is 11.5 Å². The van der Waals surface area contributed by atoms with Gasteiger partial charge in [0.25, 0.3) is 0 Å². The molecule has 0 amide bonds.